The van der Waals surface area contributed by atoms with Crippen molar-refractivity contribution in [1.82, 2.24) is 0 Å². The lowest BCUT2D eigenvalue weighted by molar-refractivity contribution is -0.143. The number of esters is 1. The molecule has 4 atom stereocenters. The Bertz CT molecular complexity index is 549. The second kappa shape index (κ2) is 9.48. The van der Waals surface area contributed by atoms with E-state index in [1.807, 2.05) is 0 Å². The van der Waals surface area contributed by atoms with E-state index < -0.39 is 23.2 Å². The van der Waals surface area contributed by atoms with Crippen molar-refractivity contribution < 1.29 is 27.6 Å². The van der Waals surface area contributed by atoms with Crippen LogP contribution >= 0.6 is 0 Å². The Morgan fingerprint density at radius 1 is 1.00 bits per heavy atom. The van der Waals surface area contributed by atoms with Crippen LogP contribution in [0.25, 0.3) is 0 Å². The van der Waals surface area contributed by atoms with Crippen molar-refractivity contribution in [2.75, 3.05) is 13.2 Å². The van der Waals surface area contributed by atoms with Crippen LogP contribution < -0.4 is 0 Å². The van der Waals surface area contributed by atoms with E-state index in [4.69, 9.17) is 17.7 Å². The molecule has 0 unspecified atom stereocenters. The summed E-state index contributed by atoms with van der Waals surface area (Å²) in [4.78, 5) is 11.3. The summed E-state index contributed by atoms with van der Waals surface area (Å²) < 4.78 is 26.0. The Morgan fingerprint density at radius 2 is 1.52 bits per heavy atom. The van der Waals surface area contributed by atoms with E-state index in [1.54, 1.807) is 0 Å². The molecule has 0 radical (unpaired) electrons. The lowest BCUT2D eigenvalue weighted by Gasteiger charge is -2.51. The quantitative estimate of drug-likeness (QED) is 0.478. The molecule has 1 saturated heterocycles. The van der Waals surface area contributed by atoms with Gasteiger partial charge in [-0.1, -0.05) is 55.4 Å². The molecule has 1 heterocycles. The maximum atomic E-state index is 11.3. The van der Waals surface area contributed by atoms with Gasteiger partial charge in [0.25, 0.3) is 0 Å². The molecular weight excluding hydrogens is 404 g/mol. The van der Waals surface area contributed by atoms with E-state index in [1.165, 1.54) is 6.92 Å². The summed E-state index contributed by atoms with van der Waals surface area (Å²) in [6.45, 7) is 19.7. The van der Waals surface area contributed by atoms with Gasteiger partial charge in [0.15, 0.2) is 0 Å². The van der Waals surface area contributed by atoms with E-state index >= 15 is 0 Å². The highest BCUT2D eigenvalue weighted by Crippen LogP contribution is 2.49. The highest BCUT2D eigenvalue weighted by atomic mass is 28.5. The predicted octanol–water partition coefficient (Wildman–Crippen LogP) is 4.50. The van der Waals surface area contributed by atoms with Crippen LogP contribution in [0.1, 0.15) is 68.7 Å². The number of rotatable bonds is 6. The van der Waals surface area contributed by atoms with Crippen LogP contribution in [0.5, 0.6) is 0 Å². The number of fused-ring (bicyclic) bond motifs is 1. The van der Waals surface area contributed by atoms with Gasteiger partial charge in [0.05, 0.1) is 18.8 Å². The van der Waals surface area contributed by atoms with Gasteiger partial charge in [-0.15, -0.1) is 0 Å². The molecule has 0 aromatic heterocycles. The maximum Gasteiger partial charge on any atom is 0.335 e. The zero-order valence-electron chi connectivity index (χ0n) is 19.7. The average Bonchev–Trinajstić information content (AvgIpc) is 2.87. The third-order valence-corrected chi connectivity index (χ3v) is 17.0. The first kappa shape index (κ1) is 25.0. The molecule has 1 saturated carbocycles. The zero-order valence-corrected chi connectivity index (χ0v) is 21.7. The fourth-order valence-corrected chi connectivity index (χ4v) is 16.4. The number of carbonyl (C=O) groups excluding carboxylic acids is 1. The van der Waals surface area contributed by atoms with Gasteiger partial charge < -0.3 is 22.8 Å². The summed E-state index contributed by atoms with van der Waals surface area (Å²) >= 11 is 0. The lowest BCUT2D eigenvalue weighted by atomic mass is 10.1. The minimum absolute atomic E-state index is 0.0863. The number of ether oxygens (including phenoxy) is 1. The smallest absolute Gasteiger partial charge is 0.335 e. The molecule has 2 rings (SSSR count). The van der Waals surface area contributed by atoms with Crippen LogP contribution in [0.2, 0.25) is 22.2 Å². The second-order valence-corrected chi connectivity index (χ2v) is 19.0. The predicted molar refractivity (Wildman–Crippen MR) is 118 cm³/mol. The molecule has 8 heteroatoms. The molecule has 1 aliphatic heterocycles. The van der Waals surface area contributed by atoms with E-state index in [2.05, 4.69) is 55.4 Å². The number of hydrogen-bond acceptors (Lipinski definition) is 6. The Hall–Kier alpha value is -0.256. The molecule has 2 aliphatic rings. The van der Waals surface area contributed by atoms with Crippen molar-refractivity contribution in [3.63, 3.8) is 0 Å². The minimum atomic E-state index is -2.71. The van der Waals surface area contributed by atoms with Crippen molar-refractivity contribution in [2.45, 2.75) is 103 Å². The summed E-state index contributed by atoms with van der Waals surface area (Å²) in [6.07, 6.45) is -0.276. The van der Waals surface area contributed by atoms with Crippen LogP contribution in [-0.4, -0.2) is 53.6 Å². The average molecular weight is 447 g/mol. The number of carbonyl (C=O) groups is 1. The largest absolute Gasteiger partial charge is 0.465 e. The fraction of sp³-hybridized carbons (Fsp3) is 0.952. The van der Waals surface area contributed by atoms with E-state index in [0.29, 0.717) is 17.7 Å². The Labute approximate surface area is 179 Å². The Kier molecular flexibility index (Phi) is 8.18. The molecule has 0 aromatic carbocycles. The minimum Gasteiger partial charge on any atom is -0.465 e. The van der Waals surface area contributed by atoms with Crippen LogP contribution in [-0.2, 0) is 22.5 Å². The summed E-state index contributed by atoms with van der Waals surface area (Å²) in [5.41, 5.74) is 1.06. The molecule has 0 spiro atoms. The summed E-state index contributed by atoms with van der Waals surface area (Å²) in [5, 5.41) is 11.1. The molecule has 170 valence electrons. The van der Waals surface area contributed by atoms with Gasteiger partial charge in [0.1, 0.15) is 0 Å². The van der Waals surface area contributed by atoms with Gasteiger partial charge in [-0.25, -0.2) is 0 Å². The first-order valence-electron chi connectivity index (χ1n) is 11.2. The van der Waals surface area contributed by atoms with Gasteiger partial charge in [-0.05, 0) is 28.6 Å². The first-order valence-corrected chi connectivity index (χ1v) is 15.1. The van der Waals surface area contributed by atoms with Gasteiger partial charge in [-0.2, -0.15) is 0 Å². The van der Waals surface area contributed by atoms with E-state index in [0.717, 1.165) is 6.42 Å². The van der Waals surface area contributed by atoms with Gasteiger partial charge in [0.2, 0.25) is 0 Å². The zero-order chi connectivity index (χ0) is 22.1. The topological polar surface area (TPSA) is 74.2 Å². The molecule has 1 N–H and O–H groups in total. The van der Waals surface area contributed by atoms with Gasteiger partial charge in [0, 0.05) is 25.4 Å². The van der Waals surface area contributed by atoms with Crippen molar-refractivity contribution in [1.29, 1.82) is 0 Å². The summed E-state index contributed by atoms with van der Waals surface area (Å²) in [7, 11) is -5.27. The van der Waals surface area contributed by atoms with E-state index in [-0.39, 0.29) is 41.6 Å². The normalized spacial score (nSPS) is 31.8. The molecule has 0 bridgehead atoms. The maximum absolute atomic E-state index is 11.3. The number of aliphatic hydroxyl groups excluding tert-OH is 1. The van der Waals surface area contributed by atoms with Crippen LogP contribution in [0.15, 0.2) is 0 Å². The van der Waals surface area contributed by atoms with Crippen LogP contribution in [0.3, 0.4) is 0 Å². The molecule has 0 aromatic rings. The summed E-state index contributed by atoms with van der Waals surface area (Å²) in [6, 6.07) is 0. The Morgan fingerprint density at radius 3 is 1.97 bits per heavy atom. The van der Waals surface area contributed by atoms with Crippen molar-refractivity contribution in [2.24, 2.45) is 11.8 Å². The Balaban J connectivity index is 2.45. The SMILES string of the molecule is CC(=O)OC[C@@H]1C[C@@H]2CO[Si](C(C)C)(C(C)C)O[Si](C(C)C)(C(C)C)O[C@H]2[C@@H]1O. The second-order valence-electron chi connectivity index (χ2n) is 10.1. The number of hydrogen-bond donors (Lipinski definition) is 1. The molecule has 0 amide bonds. The summed E-state index contributed by atoms with van der Waals surface area (Å²) in [5.74, 6) is -0.361. The molecule has 1 aliphatic carbocycles. The lowest BCUT2D eigenvalue weighted by Crippen LogP contribution is -2.65. The molecule has 6 nitrogen and oxygen atoms in total. The van der Waals surface area contributed by atoms with Crippen molar-refractivity contribution in [3.05, 3.63) is 0 Å². The standard InChI is InChI=1S/C21H42O6Si2/c1-13(2)28(14(3)4)25-12-19-10-18(11-24-17(9)22)20(23)21(19)26-29(27-28,15(5)6)16(7)8/h13-16,18-21,23H,10-12H2,1-9H3/t18-,19+,20+,21+/m0/s1. The molecule has 2 fully saturated rings. The third-order valence-electron chi connectivity index (χ3n) is 6.77. The van der Waals surface area contributed by atoms with Crippen LogP contribution in [0.4, 0.5) is 0 Å². The number of aliphatic hydroxyl groups is 1. The highest BCUT2D eigenvalue weighted by Gasteiger charge is 2.61. The van der Waals surface area contributed by atoms with Crippen molar-refractivity contribution in [3.8, 4) is 0 Å². The van der Waals surface area contributed by atoms with Crippen molar-refractivity contribution >= 4 is 23.1 Å². The van der Waals surface area contributed by atoms with Gasteiger partial charge >= 0.3 is 23.1 Å². The molecule has 29 heavy (non-hydrogen) atoms. The van der Waals surface area contributed by atoms with Crippen LogP contribution in [0, 0.1) is 11.8 Å². The first-order chi connectivity index (χ1) is 13.4. The fourth-order valence-electron chi connectivity index (χ4n) is 5.09. The van der Waals surface area contributed by atoms with Gasteiger partial charge in [-0.3, -0.25) is 4.79 Å². The third kappa shape index (κ3) is 4.82. The highest BCUT2D eigenvalue weighted by molar-refractivity contribution is 6.83. The monoisotopic (exact) mass is 446 g/mol. The molecular formula is C21H42O6Si2. The van der Waals surface area contributed by atoms with E-state index in [9.17, 15) is 9.90 Å².